The topological polar surface area (TPSA) is 61.6 Å². The van der Waals surface area contributed by atoms with Crippen molar-refractivity contribution in [3.63, 3.8) is 0 Å². The van der Waals surface area contributed by atoms with Gasteiger partial charge >= 0.3 is 0 Å². The Hall–Kier alpha value is -2.08. The number of methoxy groups -OCH3 is 2. The molecule has 3 rings (SSSR count). The van der Waals surface area contributed by atoms with Gasteiger partial charge in [0.05, 0.1) is 20.1 Å². The summed E-state index contributed by atoms with van der Waals surface area (Å²) in [7, 11) is 3.21. The molecule has 134 valence electrons. The van der Waals surface area contributed by atoms with E-state index in [9.17, 15) is 10.1 Å². The third kappa shape index (κ3) is 3.35. The van der Waals surface area contributed by atoms with E-state index in [1.165, 1.54) is 4.88 Å². The lowest BCUT2D eigenvalue weighted by molar-refractivity contribution is -0.526. The molecule has 2 aromatic rings. The standard InChI is InChI=1S/C19H23NO4S/c1-4-5-13-7-9-18(25-13)19-14-11-17(24-3)16(23-2)10-12(14)6-8-15(19)20(21)22/h7,9-11,15,19H,4-6,8H2,1-3H3/t15-,19-/m0/s1. The Morgan fingerprint density at radius 1 is 1.24 bits per heavy atom. The first-order chi connectivity index (χ1) is 12.1. The third-order valence-electron chi connectivity index (χ3n) is 4.83. The van der Waals surface area contributed by atoms with E-state index in [-0.39, 0.29) is 10.8 Å². The fraction of sp³-hybridized carbons (Fsp3) is 0.474. The Bertz CT molecular complexity index is 771. The number of thiophene rings is 1. The average molecular weight is 361 g/mol. The number of nitro groups is 1. The molecular weight excluding hydrogens is 338 g/mol. The predicted molar refractivity (Wildman–Crippen MR) is 98.8 cm³/mol. The fourth-order valence-corrected chi connectivity index (χ4v) is 4.92. The Balaban J connectivity index is 2.10. The maximum absolute atomic E-state index is 11.7. The normalized spacial score (nSPS) is 19.3. The Kier molecular flexibility index (Phi) is 5.27. The molecule has 2 atom stereocenters. The SMILES string of the molecule is CCCc1ccc([C@H]2c3cc(OC)c(OC)cc3CC[C@@H]2[N+](=O)[O-])s1. The van der Waals surface area contributed by atoms with Gasteiger partial charge in [0.1, 0.15) is 0 Å². The molecule has 1 aliphatic rings. The van der Waals surface area contributed by atoms with Crippen LogP contribution in [0, 0.1) is 10.1 Å². The highest BCUT2D eigenvalue weighted by molar-refractivity contribution is 7.12. The molecule has 5 nitrogen and oxygen atoms in total. The van der Waals surface area contributed by atoms with Crippen molar-refractivity contribution in [1.82, 2.24) is 0 Å². The molecule has 1 aromatic heterocycles. The van der Waals surface area contributed by atoms with Crippen molar-refractivity contribution in [2.75, 3.05) is 14.2 Å². The number of ether oxygens (including phenoxy) is 2. The molecule has 0 saturated heterocycles. The van der Waals surface area contributed by atoms with E-state index in [4.69, 9.17) is 9.47 Å². The second-order valence-corrected chi connectivity index (χ2v) is 7.53. The van der Waals surface area contributed by atoms with E-state index in [1.54, 1.807) is 25.6 Å². The van der Waals surface area contributed by atoms with E-state index in [0.717, 1.165) is 28.8 Å². The molecular formula is C19H23NO4S. The summed E-state index contributed by atoms with van der Waals surface area (Å²) in [6, 6.07) is 7.46. The van der Waals surface area contributed by atoms with Gasteiger partial charge in [-0.25, -0.2) is 0 Å². The van der Waals surface area contributed by atoms with Gasteiger partial charge in [0.25, 0.3) is 0 Å². The molecule has 0 radical (unpaired) electrons. The lowest BCUT2D eigenvalue weighted by atomic mass is 9.78. The average Bonchev–Trinajstić information content (AvgIpc) is 3.07. The van der Waals surface area contributed by atoms with Gasteiger partial charge in [-0.05, 0) is 48.2 Å². The Labute approximate surface area is 151 Å². The molecule has 25 heavy (non-hydrogen) atoms. The van der Waals surface area contributed by atoms with E-state index >= 15 is 0 Å². The van der Waals surface area contributed by atoms with Crippen LogP contribution in [0.3, 0.4) is 0 Å². The van der Waals surface area contributed by atoms with Gasteiger partial charge in [0, 0.05) is 21.1 Å². The number of benzene rings is 1. The lowest BCUT2D eigenvalue weighted by Gasteiger charge is -2.28. The Morgan fingerprint density at radius 3 is 2.60 bits per heavy atom. The maximum atomic E-state index is 11.7. The van der Waals surface area contributed by atoms with E-state index < -0.39 is 6.04 Å². The van der Waals surface area contributed by atoms with Gasteiger partial charge in [0.2, 0.25) is 6.04 Å². The number of hydrogen-bond donors (Lipinski definition) is 0. The quantitative estimate of drug-likeness (QED) is 0.564. The summed E-state index contributed by atoms with van der Waals surface area (Å²) in [6.07, 6.45) is 3.32. The maximum Gasteiger partial charge on any atom is 0.225 e. The summed E-state index contributed by atoms with van der Waals surface area (Å²) in [4.78, 5) is 13.9. The van der Waals surface area contributed by atoms with E-state index in [0.29, 0.717) is 24.3 Å². The highest BCUT2D eigenvalue weighted by atomic mass is 32.1. The Morgan fingerprint density at radius 2 is 1.96 bits per heavy atom. The minimum absolute atomic E-state index is 0.121. The van der Waals surface area contributed by atoms with Crippen LogP contribution in [0.15, 0.2) is 24.3 Å². The minimum atomic E-state index is -0.598. The molecule has 0 bridgehead atoms. The second kappa shape index (κ2) is 7.44. The molecule has 1 aromatic carbocycles. The molecule has 1 aliphatic carbocycles. The molecule has 0 saturated carbocycles. The van der Waals surface area contributed by atoms with Crippen LogP contribution in [0.1, 0.15) is 46.6 Å². The molecule has 0 spiro atoms. The molecule has 0 aliphatic heterocycles. The van der Waals surface area contributed by atoms with Crippen molar-refractivity contribution in [3.05, 3.63) is 55.3 Å². The summed E-state index contributed by atoms with van der Waals surface area (Å²) in [5.41, 5.74) is 2.11. The zero-order valence-electron chi connectivity index (χ0n) is 14.8. The van der Waals surface area contributed by atoms with Gasteiger partial charge in [-0.15, -0.1) is 11.3 Å². The first-order valence-corrected chi connectivity index (χ1v) is 9.37. The molecule has 1 heterocycles. The van der Waals surface area contributed by atoms with Crippen LogP contribution in [0.5, 0.6) is 11.5 Å². The predicted octanol–water partition coefficient (Wildman–Crippen LogP) is 4.44. The van der Waals surface area contributed by atoms with Crippen LogP contribution in [0.25, 0.3) is 0 Å². The number of nitrogens with zero attached hydrogens (tertiary/aromatic N) is 1. The van der Waals surface area contributed by atoms with Crippen LogP contribution in [0.2, 0.25) is 0 Å². The summed E-state index contributed by atoms with van der Waals surface area (Å²) in [5, 5.41) is 11.7. The van der Waals surface area contributed by atoms with Crippen LogP contribution in [-0.4, -0.2) is 25.2 Å². The zero-order chi connectivity index (χ0) is 18.0. The monoisotopic (exact) mass is 361 g/mol. The highest BCUT2D eigenvalue weighted by Gasteiger charge is 2.40. The van der Waals surface area contributed by atoms with Gasteiger partial charge in [-0.1, -0.05) is 13.3 Å². The van der Waals surface area contributed by atoms with Crippen molar-refractivity contribution >= 4 is 11.3 Å². The van der Waals surface area contributed by atoms with Gasteiger partial charge < -0.3 is 9.47 Å². The lowest BCUT2D eigenvalue weighted by Crippen LogP contribution is -2.32. The number of aryl methyl sites for hydroxylation is 2. The highest BCUT2D eigenvalue weighted by Crippen LogP contribution is 2.44. The van der Waals surface area contributed by atoms with Crippen LogP contribution >= 0.6 is 11.3 Å². The van der Waals surface area contributed by atoms with Crippen molar-refractivity contribution in [2.45, 2.75) is 44.6 Å². The first-order valence-electron chi connectivity index (χ1n) is 8.55. The first kappa shape index (κ1) is 17.7. The third-order valence-corrected chi connectivity index (χ3v) is 6.06. The summed E-state index contributed by atoms with van der Waals surface area (Å²) in [5.74, 6) is 1.08. The summed E-state index contributed by atoms with van der Waals surface area (Å²) < 4.78 is 10.8. The van der Waals surface area contributed by atoms with E-state index in [1.807, 2.05) is 12.1 Å². The number of hydrogen-bond acceptors (Lipinski definition) is 5. The number of fused-ring (bicyclic) bond motifs is 1. The van der Waals surface area contributed by atoms with Crippen LogP contribution in [0.4, 0.5) is 0 Å². The summed E-state index contributed by atoms with van der Waals surface area (Å²) >= 11 is 1.70. The zero-order valence-corrected chi connectivity index (χ0v) is 15.6. The summed E-state index contributed by atoms with van der Waals surface area (Å²) in [6.45, 7) is 2.15. The van der Waals surface area contributed by atoms with Crippen molar-refractivity contribution < 1.29 is 14.4 Å². The van der Waals surface area contributed by atoms with Crippen molar-refractivity contribution in [1.29, 1.82) is 0 Å². The molecule has 0 amide bonds. The van der Waals surface area contributed by atoms with E-state index in [2.05, 4.69) is 19.1 Å². The van der Waals surface area contributed by atoms with Gasteiger partial charge in [-0.2, -0.15) is 0 Å². The van der Waals surface area contributed by atoms with Crippen LogP contribution < -0.4 is 9.47 Å². The van der Waals surface area contributed by atoms with Crippen molar-refractivity contribution in [3.8, 4) is 11.5 Å². The molecule has 0 unspecified atom stereocenters. The number of rotatable bonds is 6. The smallest absolute Gasteiger partial charge is 0.225 e. The molecule has 6 heteroatoms. The second-order valence-electron chi connectivity index (χ2n) is 6.33. The molecule has 0 N–H and O–H groups in total. The molecule has 0 fully saturated rings. The fourth-order valence-electron chi connectivity index (χ4n) is 3.63. The van der Waals surface area contributed by atoms with Gasteiger partial charge in [-0.3, -0.25) is 10.1 Å². The van der Waals surface area contributed by atoms with Crippen molar-refractivity contribution in [2.24, 2.45) is 0 Å². The largest absolute Gasteiger partial charge is 0.493 e. The minimum Gasteiger partial charge on any atom is -0.493 e. The van der Waals surface area contributed by atoms with Gasteiger partial charge in [0.15, 0.2) is 11.5 Å². The van der Waals surface area contributed by atoms with Crippen LogP contribution in [-0.2, 0) is 12.8 Å².